The summed E-state index contributed by atoms with van der Waals surface area (Å²) in [5.74, 6) is -1.59. The Bertz CT molecular complexity index is 1010. The number of fused-ring (bicyclic) bond motifs is 3. The normalized spacial score (nSPS) is 20.4. The number of hydrogen-bond acceptors (Lipinski definition) is 4. The summed E-state index contributed by atoms with van der Waals surface area (Å²) < 4.78 is 5.69. The van der Waals surface area contributed by atoms with Crippen molar-refractivity contribution in [3.8, 4) is 11.1 Å². The number of amides is 2. The predicted molar refractivity (Wildman–Crippen MR) is 128 cm³/mol. The van der Waals surface area contributed by atoms with Crippen molar-refractivity contribution in [2.75, 3.05) is 6.61 Å². The third-order valence-electron chi connectivity index (χ3n) is 6.87. The summed E-state index contributed by atoms with van der Waals surface area (Å²) in [6, 6.07) is 15.5. The van der Waals surface area contributed by atoms with E-state index in [0.717, 1.165) is 30.4 Å². The van der Waals surface area contributed by atoms with Gasteiger partial charge < -0.3 is 20.5 Å². The molecule has 180 valence electrons. The lowest BCUT2D eigenvalue weighted by molar-refractivity contribution is -0.137. The van der Waals surface area contributed by atoms with E-state index in [9.17, 15) is 14.4 Å². The van der Waals surface area contributed by atoms with Gasteiger partial charge in [0, 0.05) is 18.0 Å². The van der Waals surface area contributed by atoms with Gasteiger partial charge in [0.2, 0.25) is 5.91 Å². The van der Waals surface area contributed by atoms with Crippen LogP contribution in [0.15, 0.2) is 48.5 Å². The van der Waals surface area contributed by atoms with Crippen LogP contribution >= 0.6 is 0 Å². The minimum atomic E-state index is -0.957. The van der Waals surface area contributed by atoms with Crippen LogP contribution in [-0.4, -0.2) is 41.8 Å². The van der Waals surface area contributed by atoms with E-state index >= 15 is 0 Å². The molecule has 1 fully saturated rings. The van der Waals surface area contributed by atoms with E-state index in [1.807, 2.05) is 24.3 Å². The molecule has 2 aromatic carbocycles. The Balaban J connectivity index is 1.39. The number of carbonyl (C=O) groups excluding carboxylic acids is 2. The minimum Gasteiger partial charge on any atom is -0.481 e. The maximum Gasteiger partial charge on any atom is 0.407 e. The Kier molecular flexibility index (Phi) is 7.50. The van der Waals surface area contributed by atoms with Gasteiger partial charge in [0.15, 0.2) is 0 Å². The van der Waals surface area contributed by atoms with E-state index in [1.54, 1.807) is 6.92 Å². The molecule has 0 heterocycles. The van der Waals surface area contributed by atoms with Crippen LogP contribution in [0.5, 0.6) is 0 Å². The molecule has 0 saturated heterocycles. The summed E-state index contributed by atoms with van der Waals surface area (Å²) in [6.45, 7) is 1.90. The summed E-state index contributed by atoms with van der Waals surface area (Å²) in [4.78, 5) is 36.6. The highest BCUT2D eigenvalue weighted by atomic mass is 16.5. The second-order valence-electron chi connectivity index (χ2n) is 9.33. The molecule has 0 spiro atoms. The average molecular weight is 465 g/mol. The summed E-state index contributed by atoms with van der Waals surface area (Å²) in [6.07, 6.45) is 3.50. The lowest BCUT2D eigenvalue weighted by Gasteiger charge is -2.26. The fourth-order valence-electron chi connectivity index (χ4n) is 5.25. The lowest BCUT2D eigenvalue weighted by Crippen LogP contribution is -2.48. The lowest BCUT2D eigenvalue weighted by atomic mass is 9.93. The number of rotatable bonds is 7. The predicted octanol–water partition coefficient (Wildman–Crippen LogP) is 4.45. The number of ether oxygens (including phenoxy) is 1. The SMILES string of the molecule is CC(CC(=O)O)NC(=O)[C@@H]1CCCCC[C@@H]1NC(=O)OCC1c2ccccc2-c2ccccc21. The van der Waals surface area contributed by atoms with E-state index in [2.05, 4.69) is 34.9 Å². The quantitative estimate of drug-likeness (QED) is 0.525. The van der Waals surface area contributed by atoms with Crippen LogP contribution in [0.2, 0.25) is 0 Å². The first-order valence-electron chi connectivity index (χ1n) is 12.1. The number of alkyl carbamates (subject to hydrolysis) is 1. The monoisotopic (exact) mass is 464 g/mol. The smallest absolute Gasteiger partial charge is 0.407 e. The third-order valence-corrected chi connectivity index (χ3v) is 6.87. The van der Waals surface area contributed by atoms with Crippen LogP contribution in [0, 0.1) is 5.92 Å². The molecule has 2 aliphatic carbocycles. The standard InChI is InChI=1S/C27H32N2O5/c1-17(15-25(30)31)28-26(32)22-13-3-2-4-14-24(22)29-27(33)34-16-23-20-11-7-5-9-18(20)19-10-6-8-12-21(19)23/h5-12,17,22-24H,2-4,13-16H2,1H3,(H,28,32)(H,29,33)(H,30,31)/t17?,22-,24+/m1/s1. The number of carbonyl (C=O) groups is 3. The maximum absolute atomic E-state index is 12.9. The Morgan fingerprint density at radius 2 is 1.59 bits per heavy atom. The van der Waals surface area contributed by atoms with E-state index in [4.69, 9.17) is 9.84 Å². The first-order valence-corrected chi connectivity index (χ1v) is 12.1. The first-order chi connectivity index (χ1) is 16.4. The van der Waals surface area contributed by atoms with Crippen LogP contribution < -0.4 is 10.6 Å². The second kappa shape index (κ2) is 10.7. The topological polar surface area (TPSA) is 105 Å². The molecule has 0 bridgehead atoms. The molecule has 4 rings (SSSR count). The number of carboxylic acids is 1. The molecule has 2 amide bonds. The van der Waals surface area contributed by atoms with Crippen molar-refractivity contribution in [2.45, 2.75) is 63.5 Å². The second-order valence-corrected chi connectivity index (χ2v) is 9.33. The van der Waals surface area contributed by atoms with Crippen molar-refractivity contribution in [3.63, 3.8) is 0 Å². The summed E-state index contributed by atoms with van der Waals surface area (Å²) in [5, 5.41) is 14.7. The van der Waals surface area contributed by atoms with Crippen molar-refractivity contribution < 1.29 is 24.2 Å². The zero-order valence-electron chi connectivity index (χ0n) is 19.5. The van der Waals surface area contributed by atoms with Crippen LogP contribution in [0.3, 0.4) is 0 Å². The average Bonchev–Trinajstić information content (AvgIpc) is 2.94. The van der Waals surface area contributed by atoms with Gasteiger partial charge in [0.25, 0.3) is 0 Å². The number of carboxylic acid groups (broad SMARTS) is 1. The highest BCUT2D eigenvalue weighted by molar-refractivity contribution is 5.82. The molecular weight excluding hydrogens is 432 g/mol. The molecular formula is C27H32N2O5. The van der Waals surface area contributed by atoms with Crippen LogP contribution in [0.1, 0.15) is 62.5 Å². The van der Waals surface area contributed by atoms with Crippen LogP contribution in [-0.2, 0) is 14.3 Å². The van der Waals surface area contributed by atoms with E-state index < -0.39 is 24.0 Å². The van der Waals surface area contributed by atoms with Crippen molar-refractivity contribution in [1.82, 2.24) is 10.6 Å². The van der Waals surface area contributed by atoms with Gasteiger partial charge in [-0.3, -0.25) is 9.59 Å². The number of aliphatic carboxylic acids is 1. The van der Waals surface area contributed by atoms with E-state index in [-0.39, 0.29) is 30.9 Å². The van der Waals surface area contributed by atoms with Gasteiger partial charge >= 0.3 is 12.1 Å². The highest BCUT2D eigenvalue weighted by Gasteiger charge is 2.33. The van der Waals surface area contributed by atoms with Crippen molar-refractivity contribution >= 4 is 18.0 Å². The molecule has 34 heavy (non-hydrogen) atoms. The van der Waals surface area contributed by atoms with Crippen molar-refractivity contribution in [1.29, 1.82) is 0 Å². The van der Waals surface area contributed by atoms with Gasteiger partial charge in [0.1, 0.15) is 6.61 Å². The Morgan fingerprint density at radius 1 is 0.971 bits per heavy atom. The van der Waals surface area contributed by atoms with Crippen LogP contribution in [0.4, 0.5) is 4.79 Å². The maximum atomic E-state index is 12.9. The summed E-state index contributed by atoms with van der Waals surface area (Å²) in [7, 11) is 0. The fourth-order valence-corrected chi connectivity index (χ4v) is 5.25. The summed E-state index contributed by atoms with van der Waals surface area (Å²) in [5.41, 5.74) is 4.64. The third kappa shape index (κ3) is 5.41. The van der Waals surface area contributed by atoms with Gasteiger partial charge in [-0.15, -0.1) is 0 Å². The largest absolute Gasteiger partial charge is 0.481 e. The number of hydrogen-bond donors (Lipinski definition) is 3. The van der Waals surface area contributed by atoms with Gasteiger partial charge in [-0.05, 0) is 42.0 Å². The zero-order valence-corrected chi connectivity index (χ0v) is 19.5. The Hall–Kier alpha value is -3.35. The molecule has 1 unspecified atom stereocenters. The van der Waals surface area contributed by atoms with Crippen molar-refractivity contribution in [3.05, 3.63) is 59.7 Å². The highest BCUT2D eigenvalue weighted by Crippen LogP contribution is 2.44. The molecule has 0 radical (unpaired) electrons. The molecule has 7 nitrogen and oxygen atoms in total. The summed E-state index contributed by atoms with van der Waals surface area (Å²) >= 11 is 0. The van der Waals surface area contributed by atoms with Gasteiger partial charge in [-0.2, -0.15) is 0 Å². The number of benzene rings is 2. The van der Waals surface area contributed by atoms with E-state index in [1.165, 1.54) is 11.1 Å². The molecule has 3 N–H and O–H groups in total. The molecule has 7 heteroatoms. The first kappa shape index (κ1) is 23.8. The minimum absolute atomic E-state index is 0.0248. The molecule has 0 aliphatic heterocycles. The zero-order chi connectivity index (χ0) is 24.1. The Labute approximate surface area is 199 Å². The van der Waals surface area contributed by atoms with Gasteiger partial charge in [-0.25, -0.2) is 4.79 Å². The molecule has 0 aromatic heterocycles. The van der Waals surface area contributed by atoms with Gasteiger partial charge in [-0.1, -0.05) is 67.8 Å². The molecule has 1 saturated carbocycles. The van der Waals surface area contributed by atoms with Gasteiger partial charge in [0.05, 0.1) is 12.3 Å². The Morgan fingerprint density at radius 3 is 2.24 bits per heavy atom. The molecule has 2 aliphatic rings. The fraction of sp³-hybridized carbons (Fsp3) is 0.444. The van der Waals surface area contributed by atoms with Crippen molar-refractivity contribution in [2.24, 2.45) is 5.92 Å². The molecule has 3 atom stereocenters. The van der Waals surface area contributed by atoms with Crippen LogP contribution in [0.25, 0.3) is 11.1 Å². The molecule has 2 aromatic rings. The number of nitrogens with one attached hydrogen (secondary N) is 2. The van der Waals surface area contributed by atoms with E-state index in [0.29, 0.717) is 12.8 Å².